The number of aryl methyl sites for hydroxylation is 3. The van der Waals surface area contributed by atoms with Gasteiger partial charge in [0, 0.05) is 11.3 Å². The van der Waals surface area contributed by atoms with Crippen molar-refractivity contribution in [3.05, 3.63) is 26.6 Å². The summed E-state index contributed by atoms with van der Waals surface area (Å²) in [5, 5.41) is 0.859. The van der Waals surface area contributed by atoms with Gasteiger partial charge >= 0.3 is 0 Å². The Balaban J connectivity index is 2.26. The number of fused-ring (bicyclic) bond motifs is 3. The van der Waals surface area contributed by atoms with Crippen molar-refractivity contribution in [2.75, 3.05) is 0 Å². The fourth-order valence-electron chi connectivity index (χ4n) is 2.40. The van der Waals surface area contributed by atoms with E-state index in [1.165, 1.54) is 16.9 Å². The van der Waals surface area contributed by atoms with E-state index in [9.17, 15) is 4.79 Å². The molecule has 0 radical (unpaired) electrons. The maximum atomic E-state index is 12.0. The standard InChI is InChI=1S/C12H14N2OS/c1-2-4-9-13-11(15)10-7-5-3-6-8(7)16-12(10)14-9/h2-6H2,1H3,(H,13,14,15). The molecule has 0 saturated heterocycles. The van der Waals surface area contributed by atoms with E-state index < -0.39 is 0 Å². The van der Waals surface area contributed by atoms with E-state index in [0.717, 1.165) is 41.7 Å². The molecule has 0 bridgehead atoms. The Labute approximate surface area is 97.5 Å². The zero-order chi connectivity index (χ0) is 11.1. The summed E-state index contributed by atoms with van der Waals surface area (Å²) in [6, 6.07) is 0. The highest BCUT2D eigenvalue weighted by Gasteiger charge is 2.20. The smallest absolute Gasteiger partial charge is 0.259 e. The summed E-state index contributed by atoms with van der Waals surface area (Å²) >= 11 is 1.71. The van der Waals surface area contributed by atoms with Crippen LogP contribution in [0.25, 0.3) is 10.2 Å². The minimum atomic E-state index is 0.0628. The van der Waals surface area contributed by atoms with Crippen molar-refractivity contribution in [2.45, 2.75) is 39.0 Å². The molecule has 0 aliphatic heterocycles. The molecule has 3 rings (SSSR count). The van der Waals surface area contributed by atoms with Crippen LogP contribution in [-0.4, -0.2) is 9.97 Å². The summed E-state index contributed by atoms with van der Waals surface area (Å²) in [7, 11) is 0. The average Bonchev–Trinajstić information content (AvgIpc) is 2.76. The monoisotopic (exact) mass is 234 g/mol. The van der Waals surface area contributed by atoms with E-state index in [0.29, 0.717) is 0 Å². The minimum absolute atomic E-state index is 0.0628. The van der Waals surface area contributed by atoms with Crippen LogP contribution < -0.4 is 5.56 Å². The molecule has 3 nitrogen and oxygen atoms in total. The summed E-state index contributed by atoms with van der Waals surface area (Å²) in [6.45, 7) is 2.10. The number of hydrogen-bond acceptors (Lipinski definition) is 3. The van der Waals surface area contributed by atoms with Gasteiger partial charge in [-0.1, -0.05) is 6.92 Å². The van der Waals surface area contributed by atoms with E-state index in [-0.39, 0.29) is 5.56 Å². The summed E-state index contributed by atoms with van der Waals surface area (Å²) in [5.41, 5.74) is 1.32. The van der Waals surface area contributed by atoms with Gasteiger partial charge in [0.05, 0.1) is 5.39 Å². The Hall–Kier alpha value is -1.16. The van der Waals surface area contributed by atoms with Crippen LogP contribution >= 0.6 is 11.3 Å². The Morgan fingerprint density at radius 2 is 2.31 bits per heavy atom. The number of rotatable bonds is 2. The zero-order valence-electron chi connectivity index (χ0n) is 9.30. The first-order valence-electron chi connectivity index (χ1n) is 5.83. The second-order valence-corrected chi connectivity index (χ2v) is 5.38. The van der Waals surface area contributed by atoms with Crippen molar-refractivity contribution in [2.24, 2.45) is 0 Å². The molecule has 4 heteroatoms. The number of thiophene rings is 1. The Bertz CT molecular complexity index is 597. The van der Waals surface area contributed by atoms with Crippen molar-refractivity contribution in [3.8, 4) is 0 Å². The van der Waals surface area contributed by atoms with Crippen LogP contribution in [0.1, 0.15) is 36.0 Å². The lowest BCUT2D eigenvalue weighted by atomic mass is 10.2. The maximum Gasteiger partial charge on any atom is 0.259 e. The van der Waals surface area contributed by atoms with Crippen molar-refractivity contribution in [3.63, 3.8) is 0 Å². The molecule has 0 unspecified atom stereocenters. The largest absolute Gasteiger partial charge is 0.310 e. The van der Waals surface area contributed by atoms with Crippen LogP contribution in [0.2, 0.25) is 0 Å². The fourth-order valence-corrected chi connectivity index (χ4v) is 3.68. The first-order chi connectivity index (χ1) is 7.79. The molecular formula is C12H14N2OS. The number of H-pyrrole nitrogens is 1. The SMILES string of the molecule is CCCc1nc2sc3c(c2c(=O)[nH]1)CCC3. The first-order valence-corrected chi connectivity index (χ1v) is 6.64. The zero-order valence-corrected chi connectivity index (χ0v) is 10.1. The van der Waals surface area contributed by atoms with Crippen LogP contribution in [0.5, 0.6) is 0 Å². The molecule has 1 aliphatic carbocycles. The lowest BCUT2D eigenvalue weighted by molar-refractivity contribution is 0.837. The van der Waals surface area contributed by atoms with Gasteiger partial charge in [-0.2, -0.15) is 0 Å². The van der Waals surface area contributed by atoms with Crippen molar-refractivity contribution >= 4 is 21.6 Å². The quantitative estimate of drug-likeness (QED) is 0.867. The molecule has 84 valence electrons. The van der Waals surface area contributed by atoms with Crippen LogP contribution in [0, 0.1) is 0 Å². The summed E-state index contributed by atoms with van der Waals surface area (Å²) in [6.07, 6.45) is 5.23. The van der Waals surface area contributed by atoms with Gasteiger partial charge in [-0.3, -0.25) is 4.79 Å². The lowest BCUT2D eigenvalue weighted by Crippen LogP contribution is -2.11. The third kappa shape index (κ3) is 1.40. The predicted octanol–water partition coefficient (Wildman–Crippen LogP) is 2.43. The molecule has 1 N–H and O–H groups in total. The highest BCUT2D eigenvalue weighted by Crippen LogP contribution is 2.34. The molecule has 16 heavy (non-hydrogen) atoms. The number of hydrogen-bond donors (Lipinski definition) is 1. The third-order valence-corrected chi connectivity index (χ3v) is 4.30. The molecule has 0 fully saturated rings. The predicted molar refractivity (Wildman–Crippen MR) is 66.3 cm³/mol. The Morgan fingerprint density at radius 1 is 1.44 bits per heavy atom. The lowest BCUT2D eigenvalue weighted by Gasteiger charge is -1.98. The fraction of sp³-hybridized carbons (Fsp3) is 0.500. The Kier molecular flexibility index (Phi) is 2.32. The van der Waals surface area contributed by atoms with Gasteiger partial charge in [0.1, 0.15) is 10.7 Å². The van der Waals surface area contributed by atoms with Gasteiger partial charge in [0.25, 0.3) is 5.56 Å². The second-order valence-electron chi connectivity index (χ2n) is 4.30. The van der Waals surface area contributed by atoms with Crippen molar-refractivity contribution < 1.29 is 0 Å². The van der Waals surface area contributed by atoms with E-state index in [2.05, 4.69) is 16.9 Å². The van der Waals surface area contributed by atoms with E-state index in [1.807, 2.05) is 0 Å². The van der Waals surface area contributed by atoms with Crippen LogP contribution in [-0.2, 0) is 19.3 Å². The van der Waals surface area contributed by atoms with Crippen molar-refractivity contribution in [1.29, 1.82) is 0 Å². The maximum absolute atomic E-state index is 12.0. The number of aromatic amines is 1. The summed E-state index contributed by atoms with van der Waals surface area (Å²) in [4.78, 5) is 21.8. The molecule has 0 aromatic carbocycles. The number of aromatic nitrogens is 2. The summed E-state index contributed by atoms with van der Waals surface area (Å²) < 4.78 is 0. The highest BCUT2D eigenvalue weighted by molar-refractivity contribution is 7.18. The molecular weight excluding hydrogens is 220 g/mol. The summed E-state index contributed by atoms with van der Waals surface area (Å²) in [5.74, 6) is 0.833. The molecule has 0 saturated carbocycles. The van der Waals surface area contributed by atoms with E-state index in [4.69, 9.17) is 0 Å². The van der Waals surface area contributed by atoms with Crippen LogP contribution in [0.4, 0.5) is 0 Å². The van der Waals surface area contributed by atoms with Gasteiger partial charge in [0.15, 0.2) is 0 Å². The molecule has 2 aromatic heterocycles. The van der Waals surface area contributed by atoms with Crippen LogP contribution in [0.15, 0.2) is 4.79 Å². The highest BCUT2D eigenvalue weighted by atomic mass is 32.1. The van der Waals surface area contributed by atoms with E-state index in [1.54, 1.807) is 11.3 Å². The van der Waals surface area contributed by atoms with Gasteiger partial charge in [0.2, 0.25) is 0 Å². The second kappa shape index (κ2) is 3.70. The van der Waals surface area contributed by atoms with Crippen LogP contribution in [0.3, 0.4) is 0 Å². The van der Waals surface area contributed by atoms with Crippen molar-refractivity contribution in [1.82, 2.24) is 9.97 Å². The first kappa shape index (κ1) is 10.0. The molecule has 1 aliphatic rings. The topological polar surface area (TPSA) is 45.8 Å². The number of nitrogens with zero attached hydrogens (tertiary/aromatic N) is 1. The van der Waals surface area contributed by atoms with Gasteiger partial charge < -0.3 is 4.98 Å². The molecule has 2 heterocycles. The normalized spacial score (nSPS) is 14.6. The Morgan fingerprint density at radius 3 is 3.12 bits per heavy atom. The third-order valence-electron chi connectivity index (χ3n) is 3.11. The van der Waals surface area contributed by atoms with Gasteiger partial charge in [-0.15, -0.1) is 11.3 Å². The molecule has 0 spiro atoms. The molecule has 0 amide bonds. The minimum Gasteiger partial charge on any atom is -0.310 e. The molecule has 0 atom stereocenters. The molecule has 2 aromatic rings. The van der Waals surface area contributed by atoms with Gasteiger partial charge in [-0.05, 0) is 31.2 Å². The number of nitrogens with one attached hydrogen (secondary N) is 1. The average molecular weight is 234 g/mol. The van der Waals surface area contributed by atoms with Gasteiger partial charge in [-0.25, -0.2) is 4.98 Å². The van der Waals surface area contributed by atoms with E-state index >= 15 is 0 Å².